The Labute approximate surface area is 87.2 Å². The predicted octanol–water partition coefficient (Wildman–Crippen LogP) is 0.983. The minimum atomic E-state index is -0.770. The average Bonchev–Trinajstić information content (AvgIpc) is 2.27. The van der Waals surface area contributed by atoms with Gasteiger partial charge >= 0.3 is 5.97 Å². The minimum absolute atomic E-state index is 0.568. The van der Waals surface area contributed by atoms with E-state index in [2.05, 4.69) is 4.84 Å². The zero-order valence-electron chi connectivity index (χ0n) is 8.14. The van der Waals surface area contributed by atoms with Gasteiger partial charge < -0.3 is 9.57 Å². The maximum absolute atomic E-state index is 11.1. The van der Waals surface area contributed by atoms with Crippen molar-refractivity contribution in [2.24, 2.45) is 0 Å². The van der Waals surface area contributed by atoms with Gasteiger partial charge in [-0.15, -0.1) is 0 Å². The van der Waals surface area contributed by atoms with Crippen molar-refractivity contribution < 1.29 is 14.4 Å². The Bertz CT molecular complexity index is 359. The predicted molar refractivity (Wildman–Crippen MR) is 51.4 cm³/mol. The summed E-state index contributed by atoms with van der Waals surface area (Å²) >= 11 is 0. The lowest BCUT2D eigenvalue weighted by molar-refractivity contribution is -0.156. The van der Waals surface area contributed by atoms with Gasteiger partial charge in [-0.05, 0) is 19.1 Å². The van der Waals surface area contributed by atoms with Crippen LogP contribution in [0.1, 0.15) is 6.92 Å². The van der Waals surface area contributed by atoms with Crippen molar-refractivity contribution in [3.05, 3.63) is 30.3 Å². The fourth-order valence-corrected chi connectivity index (χ4v) is 0.907. The monoisotopic (exact) mass is 206 g/mol. The van der Waals surface area contributed by atoms with Crippen molar-refractivity contribution in [1.82, 2.24) is 5.48 Å². The van der Waals surface area contributed by atoms with Crippen LogP contribution in [0.25, 0.3) is 0 Å². The molecule has 0 radical (unpaired) electrons. The summed E-state index contributed by atoms with van der Waals surface area (Å²) < 4.78 is 5.25. The van der Waals surface area contributed by atoms with Gasteiger partial charge in [-0.1, -0.05) is 18.2 Å². The molecule has 0 aliphatic carbocycles. The summed E-state index contributed by atoms with van der Waals surface area (Å²) in [6, 6.07) is 8.87. The number of carbonyl (C=O) groups excluding carboxylic acids is 1. The van der Waals surface area contributed by atoms with E-state index in [9.17, 15) is 4.79 Å². The minimum Gasteiger partial charge on any atom is -0.479 e. The van der Waals surface area contributed by atoms with Gasteiger partial charge in [0.1, 0.15) is 5.75 Å². The Morgan fingerprint density at radius 1 is 1.47 bits per heavy atom. The van der Waals surface area contributed by atoms with E-state index in [0.717, 1.165) is 0 Å². The average molecular weight is 206 g/mol. The van der Waals surface area contributed by atoms with Crippen LogP contribution in [-0.4, -0.2) is 12.1 Å². The van der Waals surface area contributed by atoms with Crippen LogP contribution < -0.4 is 10.2 Å². The van der Waals surface area contributed by atoms with Crippen molar-refractivity contribution in [3.63, 3.8) is 0 Å². The summed E-state index contributed by atoms with van der Waals surface area (Å²) in [6.07, 6.45) is 0.699. The molecule has 0 aromatic heterocycles. The van der Waals surface area contributed by atoms with Crippen molar-refractivity contribution in [1.29, 1.82) is 5.26 Å². The number of nitrogens with zero attached hydrogens (tertiary/aromatic N) is 1. The summed E-state index contributed by atoms with van der Waals surface area (Å²) in [5.74, 6) is -0.0840. The highest BCUT2D eigenvalue weighted by Crippen LogP contribution is 2.10. The van der Waals surface area contributed by atoms with Crippen molar-refractivity contribution in [3.8, 4) is 11.9 Å². The molecular weight excluding hydrogens is 196 g/mol. The van der Waals surface area contributed by atoms with Gasteiger partial charge in [0.15, 0.2) is 6.10 Å². The molecule has 5 heteroatoms. The van der Waals surface area contributed by atoms with Gasteiger partial charge in [0, 0.05) is 0 Å². The molecule has 0 fully saturated rings. The first-order valence-electron chi connectivity index (χ1n) is 4.30. The Morgan fingerprint density at radius 3 is 2.73 bits per heavy atom. The zero-order chi connectivity index (χ0) is 11.1. The van der Waals surface area contributed by atoms with Gasteiger partial charge in [-0.3, -0.25) is 0 Å². The Morgan fingerprint density at radius 2 is 2.13 bits per heavy atom. The van der Waals surface area contributed by atoms with Crippen LogP contribution in [0.4, 0.5) is 0 Å². The second-order valence-electron chi connectivity index (χ2n) is 2.71. The molecule has 15 heavy (non-hydrogen) atoms. The molecule has 0 bridgehead atoms. The van der Waals surface area contributed by atoms with Crippen LogP contribution >= 0.6 is 0 Å². The molecule has 0 saturated heterocycles. The SMILES string of the molecule is CC(Oc1ccccc1)C(=O)ONC#N. The van der Waals surface area contributed by atoms with E-state index in [-0.39, 0.29) is 0 Å². The number of nitrogens with one attached hydrogen (secondary N) is 1. The van der Waals surface area contributed by atoms with Gasteiger partial charge in [-0.25, -0.2) is 4.79 Å². The lowest BCUT2D eigenvalue weighted by atomic mass is 10.3. The number of hydrogen-bond donors (Lipinski definition) is 1. The maximum Gasteiger partial charge on any atom is 0.372 e. The second kappa shape index (κ2) is 5.50. The van der Waals surface area contributed by atoms with E-state index >= 15 is 0 Å². The third kappa shape index (κ3) is 3.56. The standard InChI is InChI=1S/C10H10N2O3/c1-8(10(13)15-12-7-11)14-9-5-3-2-4-6-9/h2-6,8,12H,1H3. The second-order valence-corrected chi connectivity index (χ2v) is 2.71. The molecule has 0 aliphatic heterocycles. The number of para-hydroxylation sites is 1. The number of nitriles is 1. The van der Waals surface area contributed by atoms with Crippen LogP contribution in [0, 0.1) is 11.5 Å². The molecule has 1 aromatic carbocycles. The highest BCUT2D eigenvalue weighted by atomic mass is 16.7. The largest absolute Gasteiger partial charge is 0.479 e. The van der Waals surface area contributed by atoms with Gasteiger partial charge in [0.2, 0.25) is 6.19 Å². The summed E-state index contributed by atoms with van der Waals surface area (Å²) in [6.45, 7) is 1.54. The third-order valence-electron chi connectivity index (χ3n) is 1.59. The Balaban J connectivity index is 2.46. The molecular formula is C10H10N2O3. The molecule has 1 rings (SSSR count). The molecule has 1 unspecified atom stereocenters. The lowest BCUT2D eigenvalue weighted by Gasteiger charge is -2.11. The fraction of sp³-hybridized carbons (Fsp3) is 0.200. The Kier molecular flexibility index (Phi) is 3.98. The number of carbonyl (C=O) groups is 1. The summed E-state index contributed by atoms with van der Waals surface area (Å²) in [5.41, 5.74) is 1.79. The zero-order valence-corrected chi connectivity index (χ0v) is 8.14. The van der Waals surface area contributed by atoms with Crippen LogP contribution in [0.15, 0.2) is 30.3 Å². The summed E-state index contributed by atoms with van der Waals surface area (Å²) in [4.78, 5) is 15.5. The van der Waals surface area contributed by atoms with Gasteiger partial charge in [0.05, 0.1) is 0 Å². The molecule has 5 nitrogen and oxygen atoms in total. The van der Waals surface area contributed by atoms with E-state index in [1.54, 1.807) is 29.7 Å². The lowest BCUT2D eigenvalue weighted by Crippen LogP contribution is -2.29. The van der Waals surface area contributed by atoms with Crippen LogP contribution in [0.5, 0.6) is 5.75 Å². The first kappa shape index (κ1) is 10.9. The molecule has 1 aromatic rings. The van der Waals surface area contributed by atoms with Crippen molar-refractivity contribution in [2.75, 3.05) is 0 Å². The topological polar surface area (TPSA) is 71.3 Å². The van der Waals surface area contributed by atoms with E-state index in [0.29, 0.717) is 5.75 Å². The Hall–Kier alpha value is -2.22. The van der Waals surface area contributed by atoms with E-state index < -0.39 is 12.1 Å². The molecule has 0 saturated carbocycles. The van der Waals surface area contributed by atoms with E-state index in [1.165, 1.54) is 13.1 Å². The van der Waals surface area contributed by atoms with Crippen LogP contribution in [0.3, 0.4) is 0 Å². The molecule has 1 N–H and O–H groups in total. The van der Waals surface area contributed by atoms with Crippen molar-refractivity contribution >= 4 is 5.97 Å². The maximum atomic E-state index is 11.1. The van der Waals surface area contributed by atoms with Crippen LogP contribution in [0.2, 0.25) is 0 Å². The van der Waals surface area contributed by atoms with Gasteiger partial charge in [0.25, 0.3) is 0 Å². The molecule has 0 amide bonds. The smallest absolute Gasteiger partial charge is 0.372 e. The number of ether oxygens (including phenoxy) is 1. The molecule has 0 aliphatic rings. The quantitative estimate of drug-likeness (QED) is 0.451. The highest BCUT2D eigenvalue weighted by molar-refractivity contribution is 5.74. The van der Waals surface area contributed by atoms with Crippen LogP contribution in [-0.2, 0) is 9.63 Å². The number of hydrogen-bond acceptors (Lipinski definition) is 5. The first-order valence-corrected chi connectivity index (χ1v) is 4.30. The van der Waals surface area contributed by atoms with E-state index in [1.807, 2.05) is 6.07 Å². The fourth-order valence-electron chi connectivity index (χ4n) is 0.907. The summed E-state index contributed by atoms with van der Waals surface area (Å²) in [7, 11) is 0. The number of benzene rings is 1. The molecule has 78 valence electrons. The van der Waals surface area contributed by atoms with Crippen molar-refractivity contribution in [2.45, 2.75) is 13.0 Å². The molecule has 0 spiro atoms. The molecule has 1 atom stereocenters. The van der Waals surface area contributed by atoms with Gasteiger partial charge in [-0.2, -0.15) is 10.7 Å². The summed E-state index contributed by atoms with van der Waals surface area (Å²) in [5, 5.41) is 8.11. The number of rotatable bonds is 4. The number of hydroxylamine groups is 1. The van der Waals surface area contributed by atoms with E-state index in [4.69, 9.17) is 10.00 Å². The third-order valence-corrected chi connectivity index (χ3v) is 1.59. The molecule has 0 heterocycles. The first-order chi connectivity index (χ1) is 7.24. The normalized spacial score (nSPS) is 10.9. The highest BCUT2D eigenvalue weighted by Gasteiger charge is 2.16.